The number of amides is 2. The van der Waals surface area contributed by atoms with Gasteiger partial charge in [-0.15, -0.1) is 0 Å². The van der Waals surface area contributed by atoms with E-state index in [-0.39, 0.29) is 30.7 Å². The first-order valence-corrected chi connectivity index (χ1v) is 12.4. The van der Waals surface area contributed by atoms with Crippen LogP contribution in [0.5, 0.6) is 6.08 Å². The molecule has 3 atom stereocenters. The number of nitrogens with one attached hydrogen (secondary N) is 1. The van der Waals surface area contributed by atoms with Crippen LogP contribution in [0.2, 0.25) is 0 Å². The van der Waals surface area contributed by atoms with Crippen LogP contribution < -0.4 is 15.8 Å². The van der Waals surface area contributed by atoms with Gasteiger partial charge in [0.15, 0.2) is 5.58 Å². The predicted octanol–water partition coefficient (Wildman–Crippen LogP) is 2.74. The summed E-state index contributed by atoms with van der Waals surface area (Å²) < 4.78 is 11.8. The lowest BCUT2D eigenvalue weighted by Crippen LogP contribution is -2.51. The highest BCUT2D eigenvalue weighted by atomic mass is 16.6. The first-order valence-electron chi connectivity index (χ1n) is 12.4. The van der Waals surface area contributed by atoms with Gasteiger partial charge in [0.1, 0.15) is 12.1 Å². The fourth-order valence-electron chi connectivity index (χ4n) is 4.44. The summed E-state index contributed by atoms with van der Waals surface area (Å²) in [6, 6.07) is 13.2. The summed E-state index contributed by atoms with van der Waals surface area (Å²) >= 11 is 0. The molecule has 2 aromatic carbocycles. The van der Waals surface area contributed by atoms with Crippen LogP contribution in [0.3, 0.4) is 0 Å². The maximum absolute atomic E-state index is 12.3. The van der Waals surface area contributed by atoms with Gasteiger partial charge in [0.2, 0.25) is 12.3 Å². The first kappa shape index (κ1) is 25.7. The van der Waals surface area contributed by atoms with E-state index in [9.17, 15) is 9.59 Å². The number of carbonyl (C=O) groups is 2. The Morgan fingerprint density at radius 3 is 2.78 bits per heavy atom. The van der Waals surface area contributed by atoms with E-state index in [4.69, 9.17) is 14.9 Å². The zero-order valence-electron chi connectivity index (χ0n) is 21.1. The summed E-state index contributed by atoms with van der Waals surface area (Å²) in [7, 11) is 0. The zero-order chi connectivity index (χ0) is 25.7. The normalized spacial score (nSPS) is 17.6. The van der Waals surface area contributed by atoms with Crippen LogP contribution in [-0.2, 0) is 16.0 Å². The van der Waals surface area contributed by atoms with Crippen LogP contribution in [0, 0.1) is 13.8 Å². The monoisotopic (exact) mass is 493 g/mol. The molecular formula is C27H35N5O4. The van der Waals surface area contributed by atoms with Gasteiger partial charge in [-0.3, -0.25) is 14.6 Å². The lowest BCUT2D eigenvalue weighted by molar-refractivity contribution is -0.140. The zero-order valence-corrected chi connectivity index (χ0v) is 21.1. The second-order valence-electron chi connectivity index (χ2n) is 9.55. The molecule has 9 heteroatoms. The standard InChI is InChI=1S/C27H35N5O4/c1-18-13-24-25(14-19(18)2)36-27(30-24)35-16-23(10-9-21-7-5-4-6-8-21)32(17-33)31-12-11-22(15-31)29-26(34)20(3)28/h4-8,13-14,17,20,22-23H,9-12,15-16,28H2,1-3H3,(H,29,34)/t20-,22+,23-/m1/s1. The summed E-state index contributed by atoms with van der Waals surface area (Å²) in [5.41, 5.74) is 10.6. The van der Waals surface area contributed by atoms with E-state index in [0.29, 0.717) is 25.1 Å². The third kappa shape index (κ3) is 6.22. The Bertz CT molecular complexity index is 1140. The van der Waals surface area contributed by atoms with Crippen molar-refractivity contribution in [1.29, 1.82) is 0 Å². The second-order valence-corrected chi connectivity index (χ2v) is 9.55. The number of hydrazine groups is 1. The molecule has 3 aromatic rings. The van der Waals surface area contributed by atoms with E-state index in [2.05, 4.69) is 22.4 Å². The smallest absolute Gasteiger partial charge is 0.394 e. The lowest BCUT2D eigenvalue weighted by Gasteiger charge is -2.35. The van der Waals surface area contributed by atoms with Gasteiger partial charge in [0.25, 0.3) is 0 Å². The van der Waals surface area contributed by atoms with E-state index in [0.717, 1.165) is 35.9 Å². The van der Waals surface area contributed by atoms with Gasteiger partial charge in [-0.05, 0) is 68.9 Å². The summed E-state index contributed by atoms with van der Waals surface area (Å²) in [6.07, 6.45) is 3.24. The first-order chi connectivity index (χ1) is 17.3. The Morgan fingerprint density at radius 2 is 2.06 bits per heavy atom. The topological polar surface area (TPSA) is 114 Å². The molecule has 4 rings (SSSR count). The number of benzene rings is 2. The van der Waals surface area contributed by atoms with Gasteiger partial charge >= 0.3 is 6.08 Å². The number of rotatable bonds is 11. The Kier molecular flexibility index (Phi) is 8.22. The Morgan fingerprint density at radius 1 is 1.31 bits per heavy atom. The molecule has 2 amide bonds. The highest BCUT2D eigenvalue weighted by Gasteiger charge is 2.32. The van der Waals surface area contributed by atoms with Crippen molar-refractivity contribution in [3.05, 3.63) is 59.2 Å². The molecule has 0 aliphatic carbocycles. The minimum absolute atomic E-state index is 0.0647. The average Bonchev–Trinajstić information content (AvgIpc) is 3.48. The van der Waals surface area contributed by atoms with E-state index in [1.807, 2.05) is 49.2 Å². The van der Waals surface area contributed by atoms with Crippen LogP contribution in [0.25, 0.3) is 11.1 Å². The van der Waals surface area contributed by atoms with Crippen LogP contribution >= 0.6 is 0 Å². The number of fused-ring (bicyclic) bond motifs is 1. The van der Waals surface area contributed by atoms with Gasteiger partial charge in [-0.1, -0.05) is 30.3 Å². The third-order valence-electron chi connectivity index (χ3n) is 6.73. The fourth-order valence-corrected chi connectivity index (χ4v) is 4.44. The van der Waals surface area contributed by atoms with Gasteiger partial charge in [-0.25, -0.2) is 5.01 Å². The highest BCUT2D eigenvalue weighted by Crippen LogP contribution is 2.25. The summed E-state index contributed by atoms with van der Waals surface area (Å²) in [5.74, 6) is -0.190. The molecule has 1 aliphatic heterocycles. The van der Waals surface area contributed by atoms with Crippen molar-refractivity contribution in [2.45, 2.75) is 58.2 Å². The highest BCUT2D eigenvalue weighted by molar-refractivity contribution is 5.81. The molecule has 1 fully saturated rings. The van der Waals surface area contributed by atoms with Crippen molar-refractivity contribution < 1.29 is 18.7 Å². The maximum atomic E-state index is 12.3. The summed E-state index contributed by atoms with van der Waals surface area (Å²) in [6.45, 7) is 7.12. The van der Waals surface area contributed by atoms with Crippen molar-refractivity contribution in [3.8, 4) is 6.08 Å². The lowest BCUT2D eigenvalue weighted by atomic mass is 10.1. The minimum Gasteiger partial charge on any atom is -0.448 e. The molecule has 1 saturated heterocycles. The fraction of sp³-hybridized carbons (Fsp3) is 0.444. The SMILES string of the molecule is Cc1cc2nc(OC[C@@H](CCc3ccccc3)N(C=O)N3CC[C@H](NC(=O)[C@@H](C)N)C3)oc2cc1C. The quantitative estimate of drug-likeness (QED) is 0.395. The number of nitrogens with two attached hydrogens (primary N) is 1. The molecule has 9 nitrogen and oxygen atoms in total. The number of aryl methyl sites for hydroxylation is 3. The molecule has 0 spiro atoms. The Labute approximate surface area is 211 Å². The van der Waals surface area contributed by atoms with E-state index in [1.54, 1.807) is 11.9 Å². The van der Waals surface area contributed by atoms with E-state index < -0.39 is 6.04 Å². The number of aromatic nitrogens is 1. The number of carbonyl (C=O) groups excluding carboxylic acids is 2. The van der Waals surface area contributed by atoms with Crippen LogP contribution in [0.15, 0.2) is 46.9 Å². The van der Waals surface area contributed by atoms with Crippen LogP contribution in [-0.4, -0.2) is 65.1 Å². The number of oxazole rings is 1. The van der Waals surface area contributed by atoms with Crippen molar-refractivity contribution in [2.75, 3.05) is 19.7 Å². The van der Waals surface area contributed by atoms with Gasteiger partial charge in [-0.2, -0.15) is 4.98 Å². The van der Waals surface area contributed by atoms with Crippen molar-refractivity contribution in [2.24, 2.45) is 5.73 Å². The molecule has 1 aliphatic rings. The van der Waals surface area contributed by atoms with Crippen molar-refractivity contribution in [3.63, 3.8) is 0 Å². The van der Waals surface area contributed by atoms with Gasteiger partial charge in [0.05, 0.1) is 12.1 Å². The molecule has 0 bridgehead atoms. The van der Waals surface area contributed by atoms with Gasteiger partial charge in [0, 0.05) is 19.1 Å². The Balaban J connectivity index is 1.47. The van der Waals surface area contributed by atoms with Crippen molar-refractivity contribution in [1.82, 2.24) is 20.3 Å². The van der Waals surface area contributed by atoms with E-state index >= 15 is 0 Å². The number of hydrogen-bond donors (Lipinski definition) is 2. The molecule has 2 heterocycles. The number of ether oxygens (including phenoxy) is 1. The predicted molar refractivity (Wildman–Crippen MR) is 137 cm³/mol. The number of nitrogens with zero attached hydrogens (tertiary/aromatic N) is 3. The second kappa shape index (κ2) is 11.5. The molecule has 0 unspecified atom stereocenters. The van der Waals surface area contributed by atoms with Gasteiger partial charge < -0.3 is 20.2 Å². The van der Waals surface area contributed by atoms with Crippen molar-refractivity contribution >= 4 is 23.4 Å². The number of hydrogen-bond acceptors (Lipinski definition) is 7. The average molecular weight is 494 g/mol. The van der Waals surface area contributed by atoms with Crippen LogP contribution in [0.4, 0.5) is 0 Å². The maximum Gasteiger partial charge on any atom is 0.394 e. The molecule has 0 radical (unpaired) electrons. The van der Waals surface area contributed by atoms with Crippen LogP contribution in [0.1, 0.15) is 36.5 Å². The minimum atomic E-state index is -0.572. The Hall–Kier alpha value is -3.43. The summed E-state index contributed by atoms with van der Waals surface area (Å²) in [4.78, 5) is 28.8. The molecule has 192 valence electrons. The largest absolute Gasteiger partial charge is 0.448 e. The molecule has 36 heavy (non-hydrogen) atoms. The summed E-state index contributed by atoms with van der Waals surface area (Å²) in [5, 5.41) is 6.62. The molecule has 0 saturated carbocycles. The third-order valence-corrected chi connectivity index (χ3v) is 6.73. The molecular weight excluding hydrogens is 458 g/mol. The molecule has 1 aromatic heterocycles. The molecule has 3 N–H and O–H groups in total. The van der Waals surface area contributed by atoms with E-state index in [1.165, 1.54) is 5.56 Å².